The molecule has 0 saturated heterocycles. The molecule has 0 atom stereocenters. The highest BCUT2D eigenvalue weighted by Crippen LogP contribution is 2.27. The molecule has 2 amide bonds. The summed E-state index contributed by atoms with van der Waals surface area (Å²) >= 11 is 0. The average molecular weight is 410 g/mol. The molecule has 0 spiro atoms. The Labute approximate surface area is 172 Å². The van der Waals surface area contributed by atoms with E-state index in [0.29, 0.717) is 5.56 Å². The van der Waals surface area contributed by atoms with Crippen molar-refractivity contribution >= 4 is 29.0 Å². The number of nitrogens with one attached hydrogen (secondary N) is 3. The minimum atomic E-state index is -1.25. The summed E-state index contributed by atoms with van der Waals surface area (Å²) < 4.78 is 27.9. The number of anilines is 3. The SMILES string of the molecule is CNC(=O)c1cnc(Nc2ccccc2C)c(NC(=O)c2cc(C)cc(F)c2F)c1. The number of carbonyl (C=O) groups is 2. The Kier molecular flexibility index (Phi) is 6.06. The van der Waals surface area contributed by atoms with Crippen LogP contribution in [-0.2, 0) is 0 Å². The number of aryl methyl sites for hydroxylation is 2. The van der Waals surface area contributed by atoms with Crippen LogP contribution >= 0.6 is 0 Å². The largest absolute Gasteiger partial charge is 0.355 e. The number of carbonyl (C=O) groups excluding carboxylic acids is 2. The van der Waals surface area contributed by atoms with Crippen molar-refractivity contribution in [3.63, 3.8) is 0 Å². The Hall–Kier alpha value is -3.81. The Morgan fingerprint density at radius 1 is 0.967 bits per heavy atom. The lowest BCUT2D eigenvalue weighted by molar-refractivity contribution is 0.0961. The van der Waals surface area contributed by atoms with Crippen molar-refractivity contribution in [2.45, 2.75) is 13.8 Å². The normalized spacial score (nSPS) is 10.4. The first-order valence-corrected chi connectivity index (χ1v) is 9.12. The van der Waals surface area contributed by atoms with Gasteiger partial charge in [0.05, 0.1) is 16.8 Å². The predicted molar refractivity (Wildman–Crippen MR) is 111 cm³/mol. The highest BCUT2D eigenvalue weighted by molar-refractivity contribution is 6.07. The molecule has 0 fully saturated rings. The highest BCUT2D eigenvalue weighted by atomic mass is 19.2. The van der Waals surface area contributed by atoms with Crippen LogP contribution in [-0.4, -0.2) is 23.8 Å². The minimum Gasteiger partial charge on any atom is -0.355 e. The van der Waals surface area contributed by atoms with Gasteiger partial charge in [-0.15, -0.1) is 0 Å². The van der Waals surface area contributed by atoms with E-state index in [2.05, 4.69) is 20.9 Å². The molecule has 8 heteroatoms. The molecular weight excluding hydrogens is 390 g/mol. The van der Waals surface area contributed by atoms with E-state index in [4.69, 9.17) is 0 Å². The van der Waals surface area contributed by atoms with Gasteiger partial charge in [0.25, 0.3) is 11.8 Å². The van der Waals surface area contributed by atoms with Crippen LogP contribution in [0.1, 0.15) is 31.8 Å². The van der Waals surface area contributed by atoms with Gasteiger partial charge in [-0.25, -0.2) is 13.8 Å². The molecule has 3 rings (SSSR count). The molecule has 1 heterocycles. The van der Waals surface area contributed by atoms with Crippen molar-refractivity contribution in [1.29, 1.82) is 0 Å². The molecule has 0 radical (unpaired) electrons. The molecule has 30 heavy (non-hydrogen) atoms. The van der Waals surface area contributed by atoms with E-state index in [1.165, 1.54) is 25.4 Å². The van der Waals surface area contributed by atoms with Gasteiger partial charge >= 0.3 is 0 Å². The second-order valence-electron chi connectivity index (χ2n) is 6.70. The van der Waals surface area contributed by atoms with E-state index >= 15 is 0 Å². The second-order valence-corrected chi connectivity index (χ2v) is 6.70. The summed E-state index contributed by atoms with van der Waals surface area (Å²) in [6.45, 7) is 3.45. The summed E-state index contributed by atoms with van der Waals surface area (Å²) in [5.41, 5.74) is 1.96. The van der Waals surface area contributed by atoms with Crippen molar-refractivity contribution in [1.82, 2.24) is 10.3 Å². The average Bonchev–Trinajstić information content (AvgIpc) is 2.72. The number of nitrogens with zero attached hydrogens (tertiary/aromatic N) is 1. The lowest BCUT2D eigenvalue weighted by Crippen LogP contribution is -2.20. The number of benzene rings is 2. The van der Waals surface area contributed by atoms with Crippen molar-refractivity contribution in [2.75, 3.05) is 17.7 Å². The molecule has 0 saturated carbocycles. The second kappa shape index (κ2) is 8.69. The topological polar surface area (TPSA) is 83.1 Å². The summed E-state index contributed by atoms with van der Waals surface area (Å²) in [5, 5.41) is 8.10. The Morgan fingerprint density at radius 2 is 1.70 bits per heavy atom. The zero-order chi connectivity index (χ0) is 21.8. The van der Waals surface area contributed by atoms with Gasteiger partial charge < -0.3 is 16.0 Å². The number of pyridine rings is 1. The Morgan fingerprint density at radius 3 is 2.40 bits per heavy atom. The van der Waals surface area contributed by atoms with Crippen LogP contribution in [0.5, 0.6) is 0 Å². The molecule has 0 aliphatic heterocycles. The number of para-hydroxylation sites is 1. The first-order valence-electron chi connectivity index (χ1n) is 9.12. The molecule has 1 aromatic heterocycles. The van der Waals surface area contributed by atoms with Crippen molar-refractivity contribution in [3.05, 3.63) is 82.5 Å². The van der Waals surface area contributed by atoms with Crippen LogP contribution in [0.25, 0.3) is 0 Å². The minimum absolute atomic E-state index is 0.144. The number of halogens is 2. The van der Waals surface area contributed by atoms with Gasteiger partial charge in [0.1, 0.15) is 0 Å². The fraction of sp³-hybridized carbons (Fsp3) is 0.136. The van der Waals surface area contributed by atoms with E-state index in [9.17, 15) is 18.4 Å². The van der Waals surface area contributed by atoms with Gasteiger partial charge in [0.2, 0.25) is 0 Å². The summed E-state index contributed by atoms with van der Waals surface area (Å²) in [6.07, 6.45) is 1.35. The van der Waals surface area contributed by atoms with Crippen LogP contribution in [0.4, 0.5) is 26.0 Å². The lowest BCUT2D eigenvalue weighted by Gasteiger charge is -2.15. The zero-order valence-electron chi connectivity index (χ0n) is 16.6. The van der Waals surface area contributed by atoms with Crippen LogP contribution in [0.3, 0.4) is 0 Å². The predicted octanol–water partition coefficient (Wildman–Crippen LogP) is 4.33. The third-order valence-electron chi connectivity index (χ3n) is 4.44. The van der Waals surface area contributed by atoms with Gasteiger partial charge in [0.15, 0.2) is 17.5 Å². The van der Waals surface area contributed by atoms with Gasteiger partial charge in [-0.05, 0) is 49.2 Å². The van der Waals surface area contributed by atoms with E-state index < -0.39 is 29.0 Å². The summed E-state index contributed by atoms with van der Waals surface area (Å²) in [5.74, 6) is -3.39. The van der Waals surface area contributed by atoms with Gasteiger partial charge in [0, 0.05) is 18.9 Å². The fourth-order valence-electron chi connectivity index (χ4n) is 2.85. The van der Waals surface area contributed by atoms with Gasteiger partial charge in [-0.2, -0.15) is 0 Å². The van der Waals surface area contributed by atoms with E-state index in [1.54, 1.807) is 6.92 Å². The fourth-order valence-corrected chi connectivity index (χ4v) is 2.85. The first-order chi connectivity index (χ1) is 14.3. The molecule has 3 aromatic rings. The Bertz CT molecular complexity index is 1130. The molecule has 0 unspecified atom stereocenters. The molecule has 154 valence electrons. The number of hydrogen-bond donors (Lipinski definition) is 3. The number of amides is 2. The van der Waals surface area contributed by atoms with Crippen LogP contribution in [0.15, 0.2) is 48.7 Å². The first kappa shape index (κ1) is 20.9. The lowest BCUT2D eigenvalue weighted by atomic mass is 10.1. The Balaban J connectivity index is 2.01. The van der Waals surface area contributed by atoms with E-state index in [1.807, 2.05) is 31.2 Å². The maximum Gasteiger partial charge on any atom is 0.258 e. The van der Waals surface area contributed by atoms with Gasteiger partial charge in [-0.3, -0.25) is 9.59 Å². The zero-order valence-corrected chi connectivity index (χ0v) is 16.6. The van der Waals surface area contributed by atoms with Crippen molar-refractivity contribution < 1.29 is 18.4 Å². The molecule has 6 nitrogen and oxygen atoms in total. The van der Waals surface area contributed by atoms with Gasteiger partial charge in [-0.1, -0.05) is 18.2 Å². The smallest absolute Gasteiger partial charge is 0.258 e. The summed E-state index contributed by atoms with van der Waals surface area (Å²) in [6, 6.07) is 11.1. The monoisotopic (exact) mass is 410 g/mol. The summed E-state index contributed by atoms with van der Waals surface area (Å²) in [4.78, 5) is 28.9. The maximum atomic E-state index is 14.2. The third kappa shape index (κ3) is 4.43. The number of hydrogen-bond acceptors (Lipinski definition) is 4. The molecule has 0 aliphatic carbocycles. The van der Waals surface area contributed by atoms with E-state index in [-0.39, 0.29) is 17.1 Å². The maximum absolute atomic E-state index is 14.2. The van der Waals surface area contributed by atoms with Crippen LogP contribution < -0.4 is 16.0 Å². The van der Waals surface area contributed by atoms with Crippen LogP contribution in [0.2, 0.25) is 0 Å². The summed E-state index contributed by atoms with van der Waals surface area (Å²) in [7, 11) is 1.46. The quantitative estimate of drug-likeness (QED) is 0.585. The number of rotatable bonds is 5. The standard InChI is InChI=1S/C22H20F2N4O2/c1-12-8-15(19(24)16(23)9-12)22(30)28-18-10-14(21(29)25-3)11-26-20(18)27-17-7-5-4-6-13(17)2/h4-11H,1-3H3,(H,25,29)(H,26,27)(H,28,30). The van der Waals surface area contributed by atoms with Crippen LogP contribution in [0, 0.1) is 25.5 Å². The molecule has 3 N–H and O–H groups in total. The third-order valence-corrected chi connectivity index (χ3v) is 4.44. The highest BCUT2D eigenvalue weighted by Gasteiger charge is 2.19. The van der Waals surface area contributed by atoms with Crippen molar-refractivity contribution in [3.8, 4) is 0 Å². The van der Waals surface area contributed by atoms with Crippen molar-refractivity contribution in [2.24, 2.45) is 0 Å². The van der Waals surface area contributed by atoms with E-state index in [0.717, 1.165) is 17.3 Å². The molecule has 0 bridgehead atoms. The molecular formula is C22H20F2N4O2. The number of aromatic nitrogens is 1. The molecule has 0 aliphatic rings. The molecule has 2 aromatic carbocycles.